The molecule has 0 heterocycles. The maximum absolute atomic E-state index is 16.5. The number of hydrogen-bond acceptors (Lipinski definition) is 0. The van der Waals surface area contributed by atoms with Gasteiger partial charge in [0.25, 0.3) is 0 Å². The first-order valence-corrected chi connectivity index (χ1v) is 15.2. The summed E-state index contributed by atoms with van der Waals surface area (Å²) in [5, 5.41) is 0. The summed E-state index contributed by atoms with van der Waals surface area (Å²) in [5.74, 6) is -40.7. The molecule has 0 saturated carbocycles. The monoisotopic (exact) mass is 974 g/mol. The molecule has 0 nitrogen and oxygen atoms in total. The molecule has 0 unspecified atom stereocenters. The van der Waals surface area contributed by atoms with Gasteiger partial charge in [-0.2, -0.15) is 52.7 Å². The highest BCUT2D eigenvalue weighted by atomic mass is 79.9. The number of fused-ring (bicyclic) bond motifs is 6. The third kappa shape index (κ3) is 4.50. The summed E-state index contributed by atoms with van der Waals surface area (Å²) in [7, 11) is 0. The van der Waals surface area contributed by atoms with Crippen LogP contribution in [0.15, 0.2) is 8.95 Å². The average molecular weight is 976 g/mol. The van der Waals surface area contributed by atoms with Crippen molar-refractivity contribution in [2.24, 2.45) is 0 Å². The second-order valence-electron chi connectivity index (χ2n) is 11.6. The number of rotatable bonds is 1. The standard InChI is InChI=1S/C30Br2F24/c31-11-21(41)9-3(17(37)23(11)43)1-7(25(9,27(45,46)47)28(48,49)50)13(33)5(19(39)15(1)35)6-14(34)8-2(16(36)20(6)40)4-10(22(42)12(32)24(44)18(4)38)26(8,29(51,52)53)30(54,55)56. The summed E-state index contributed by atoms with van der Waals surface area (Å²) >= 11 is 3.51. The highest BCUT2D eigenvalue weighted by Crippen LogP contribution is 2.69. The van der Waals surface area contributed by atoms with Crippen LogP contribution in [-0.4, -0.2) is 24.7 Å². The van der Waals surface area contributed by atoms with E-state index in [0.717, 1.165) is 0 Å². The number of alkyl halides is 12. The van der Waals surface area contributed by atoms with Crippen molar-refractivity contribution in [3.05, 3.63) is 101 Å². The van der Waals surface area contributed by atoms with Gasteiger partial charge in [-0.1, -0.05) is 0 Å². The highest BCUT2D eigenvalue weighted by Gasteiger charge is 2.80. The molecule has 26 heteroatoms. The molecule has 0 saturated heterocycles. The summed E-state index contributed by atoms with van der Waals surface area (Å²) in [6, 6.07) is 0. The zero-order chi connectivity index (χ0) is 42.9. The number of hydrogen-bond donors (Lipinski definition) is 0. The molecule has 0 N–H and O–H groups in total. The van der Waals surface area contributed by atoms with Crippen LogP contribution in [-0.2, 0) is 10.8 Å². The minimum atomic E-state index is -7.44. The average Bonchev–Trinajstić information content (AvgIpc) is 3.59. The first-order valence-electron chi connectivity index (χ1n) is 13.7. The van der Waals surface area contributed by atoms with Crippen LogP contribution in [0.2, 0.25) is 0 Å². The molecule has 4 aromatic carbocycles. The second-order valence-corrected chi connectivity index (χ2v) is 13.2. The van der Waals surface area contributed by atoms with Crippen LogP contribution in [0.4, 0.5) is 105 Å². The number of halogens is 26. The fourth-order valence-electron chi connectivity index (χ4n) is 7.08. The summed E-state index contributed by atoms with van der Waals surface area (Å²) in [5.41, 5.74) is -46.4. The molecule has 2 aliphatic rings. The SMILES string of the molecule is Fc1c(F)c2c(c(F)c1Br)C(C(F)(F)F)(C(F)(F)F)c1c(F)c(-c3c(F)c(F)c4c(c3F)C(C(F)(F)F)(C(F)(F)F)c3c(F)c(Br)c(F)c(F)c3-4)c(F)c(F)c1-2. The van der Waals surface area contributed by atoms with Gasteiger partial charge in [-0.25, -0.2) is 52.7 Å². The van der Waals surface area contributed by atoms with Gasteiger partial charge < -0.3 is 0 Å². The van der Waals surface area contributed by atoms with Gasteiger partial charge in [-0.3, -0.25) is 0 Å². The molecule has 0 bridgehead atoms. The Labute approximate surface area is 306 Å². The van der Waals surface area contributed by atoms with E-state index in [-0.39, 0.29) is 0 Å². The molecule has 6 rings (SSSR count). The van der Waals surface area contributed by atoms with Crippen LogP contribution in [0.1, 0.15) is 22.3 Å². The van der Waals surface area contributed by atoms with E-state index >= 15 is 43.9 Å². The van der Waals surface area contributed by atoms with Gasteiger partial charge in [0.05, 0.1) is 20.1 Å². The van der Waals surface area contributed by atoms with Crippen molar-refractivity contribution >= 4 is 31.9 Å². The van der Waals surface area contributed by atoms with Crippen molar-refractivity contribution < 1.29 is 105 Å². The van der Waals surface area contributed by atoms with E-state index in [9.17, 15) is 61.5 Å². The molecule has 0 amide bonds. The minimum absolute atomic E-state index is 1.75. The van der Waals surface area contributed by atoms with E-state index in [1.165, 1.54) is 0 Å². The van der Waals surface area contributed by atoms with E-state index in [1.807, 2.05) is 0 Å². The van der Waals surface area contributed by atoms with Crippen molar-refractivity contribution in [3.8, 4) is 33.4 Å². The molecule has 2 aliphatic carbocycles. The lowest BCUT2D eigenvalue weighted by Gasteiger charge is -2.37. The van der Waals surface area contributed by atoms with E-state index in [1.54, 1.807) is 31.9 Å². The molecule has 0 atom stereocenters. The van der Waals surface area contributed by atoms with Crippen molar-refractivity contribution in [2.75, 3.05) is 0 Å². The number of benzene rings is 4. The van der Waals surface area contributed by atoms with Crippen LogP contribution in [0.3, 0.4) is 0 Å². The summed E-state index contributed by atoms with van der Waals surface area (Å²) in [6.07, 6.45) is -29.7. The third-order valence-corrected chi connectivity index (χ3v) is 10.5. The minimum Gasteiger partial charge on any atom is -0.206 e. The Bertz CT molecular complexity index is 2270. The van der Waals surface area contributed by atoms with E-state index in [0.29, 0.717) is 0 Å². The van der Waals surface area contributed by atoms with Crippen molar-refractivity contribution in [1.82, 2.24) is 0 Å². The van der Waals surface area contributed by atoms with E-state index in [4.69, 9.17) is 0 Å². The quantitative estimate of drug-likeness (QED) is 0.101. The molecule has 56 heavy (non-hydrogen) atoms. The predicted octanol–water partition coefficient (Wildman–Crippen LogP) is 13.3. The van der Waals surface area contributed by atoms with Gasteiger partial charge in [-0.15, -0.1) is 0 Å². The first kappa shape index (κ1) is 41.8. The predicted molar refractivity (Wildman–Crippen MR) is 143 cm³/mol. The van der Waals surface area contributed by atoms with Gasteiger partial charge in [0.15, 0.2) is 46.5 Å². The molecular weight excluding hydrogens is 976 g/mol. The van der Waals surface area contributed by atoms with Crippen LogP contribution in [0.5, 0.6) is 0 Å². The lowest BCUT2D eigenvalue weighted by atomic mass is 9.74. The van der Waals surface area contributed by atoms with Gasteiger partial charge >= 0.3 is 24.7 Å². The molecule has 0 fully saturated rings. The smallest absolute Gasteiger partial charge is 0.206 e. The maximum atomic E-state index is 16.5. The lowest BCUT2D eigenvalue weighted by molar-refractivity contribution is -0.290. The normalized spacial score (nSPS) is 16.0. The molecule has 302 valence electrons. The Morgan fingerprint density at radius 2 is 0.429 bits per heavy atom. The third-order valence-electron chi connectivity index (χ3n) is 9.13. The van der Waals surface area contributed by atoms with Crippen molar-refractivity contribution in [2.45, 2.75) is 35.5 Å². The Morgan fingerprint density at radius 3 is 0.643 bits per heavy atom. The van der Waals surface area contributed by atoms with Gasteiger partial charge in [-0.05, 0) is 31.9 Å². The fourth-order valence-corrected chi connectivity index (χ4v) is 7.82. The molecule has 4 aromatic rings. The summed E-state index contributed by atoms with van der Waals surface area (Å²) in [4.78, 5) is 0. The van der Waals surface area contributed by atoms with Crippen LogP contribution < -0.4 is 0 Å². The summed E-state index contributed by atoms with van der Waals surface area (Å²) < 4.78 is 358. The molecule has 0 aromatic heterocycles. The van der Waals surface area contributed by atoms with Crippen LogP contribution >= 0.6 is 31.9 Å². The lowest BCUT2D eigenvalue weighted by Crippen LogP contribution is -2.55. The van der Waals surface area contributed by atoms with Crippen molar-refractivity contribution in [1.29, 1.82) is 0 Å². The second kappa shape index (κ2) is 11.9. The first-order chi connectivity index (χ1) is 25.2. The highest BCUT2D eigenvalue weighted by molar-refractivity contribution is 9.10. The van der Waals surface area contributed by atoms with Crippen LogP contribution in [0, 0.1) is 69.8 Å². The van der Waals surface area contributed by atoms with Gasteiger partial charge in [0.1, 0.15) is 23.3 Å². The largest absolute Gasteiger partial charge is 0.411 e. The van der Waals surface area contributed by atoms with Crippen molar-refractivity contribution in [3.63, 3.8) is 0 Å². The van der Waals surface area contributed by atoms with E-state index in [2.05, 4.69) is 0 Å². The Morgan fingerprint density at radius 1 is 0.250 bits per heavy atom. The molecular formula is C30Br2F24. The van der Waals surface area contributed by atoms with E-state index < -0.39 is 170 Å². The molecule has 0 spiro atoms. The molecule has 0 aliphatic heterocycles. The van der Waals surface area contributed by atoms with Crippen LogP contribution in [0.25, 0.3) is 33.4 Å². The topological polar surface area (TPSA) is 0 Å². The Hall–Kier alpha value is -3.84. The Balaban J connectivity index is 1.94. The molecule has 0 radical (unpaired) electrons. The maximum Gasteiger partial charge on any atom is 0.411 e. The summed E-state index contributed by atoms with van der Waals surface area (Å²) in [6.45, 7) is 0. The fraction of sp³-hybridized carbons (Fsp3) is 0.200. The zero-order valence-electron chi connectivity index (χ0n) is 24.8. The van der Waals surface area contributed by atoms with Gasteiger partial charge in [0, 0.05) is 44.5 Å². The zero-order valence-corrected chi connectivity index (χ0v) is 28.0. The van der Waals surface area contributed by atoms with Gasteiger partial charge in [0.2, 0.25) is 10.8 Å². The Kier molecular flexibility index (Phi) is 8.85.